The second-order valence-electron chi connectivity index (χ2n) is 6.14. The Labute approximate surface area is 135 Å². The van der Waals surface area contributed by atoms with Crippen LogP contribution >= 0.6 is 0 Å². The number of carbonyl (C=O) groups excluding carboxylic acids is 1. The molecule has 1 rings (SSSR count). The summed E-state index contributed by atoms with van der Waals surface area (Å²) in [6, 6.07) is 0. The molecule has 5 heteroatoms. The molecule has 0 aromatic rings. The molecule has 1 N–H and O–H groups in total. The molecule has 0 radical (unpaired) electrons. The van der Waals surface area contributed by atoms with Gasteiger partial charge in [0, 0.05) is 33.1 Å². The standard InChI is InChI=1S/C17H33N3O2/c1-4-22-16(21)11-7-5-6-8-12-19-17(18-3)20-13-9-10-15(2)14-20/h15H,4-14H2,1-3H3,(H,18,19). The number of carbonyl (C=O) groups is 1. The summed E-state index contributed by atoms with van der Waals surface area (Å²) in [5.74, 6) is 1.73. The van der Waals surface area contributed by atoms with Gasteiger partial charge in [0.25, 0.3) is 0 Å². The van der Waals surface area contributed by atoms with Gasteiger partial charge in [0.1, 0.15) is 0 Å². The Morgan fingerprint density at radius 3 is 2.77 bits per heavy atom. The van der Waals surface area contributed by atoms with Crippen molar-refractivity contribution in [2.45, 2.75) is 58.8 Å². The largest absolute Gasteiger partial charge is 0.466 e. The summed E-state index contributed by atoms with van der Waals surface area (Å²) in [5, 5.41) is 3.46. The first-order valence-corrected chi connectivity index (χ1v) is 8.78. The Kier molecular flexibility index (Phi) is 9.67. The predicted octanol–water partition coefficient (Wildman–Crippen LogP) is 2.81. The second-order valence-corrected chi connectivity index (χ2v) is 6.14. The van der Waals surface area contributed by atoms with Crippen LogP contribution in [0.3, 0.4) is 0 Å². The molecule has 0 saturated carbocycles. The number of hydrogen-bond donors (Lipinski definition) is 1. The Balaban J connectivity index is 2.06. The van der Waals surface area contributed by atoms with Crippen LogP contribution in [0, 0.1) is 5.92 Å². The van der Waals surface area contributed by atoms with E-state index < -0.39 is 0 Å². The molecule has 1 atom stereocenters. The minimum absolute atomic E-state index is 0.0692. The van der Waals surface area contributed by atoms with Crippen LogP contribution in [-0.4, -0.2) is 50.1 Å². The molecule has 1 fully saturated rings. The number of ether oxygens (including phenoxy) is 1. The van der Waals surface area contributed by atoms with Crippen LogP contribution < -0.4 is 5.32 Å². The second kappa shape index (κ2) is 11.3. The third-order valence-electron chi connectivity index (χ3n) is 4.06. The molecule has 1 saturated heterocycles. The SMILES string of the molecule is CCOC(=O)CCCCCCNC(=NC)N1CCCC(C)C1. The summed E-state index contributed by atoms with van der Waals surface area (Å²) < 4.78 is 4.92. The minimum Gasteiger partial charge on any atom is -0.466 e. The average Bonchev–Trinajstić information content (AvgIpc) is 2.50. The van der Waals surface area contributed by atoms with Crippen LogP contribution in [0.25, 0.3) is 0 Å². The van der Waals surface area contributed by atoms with Crippen molar-refractivity contribution in [1.29, 1.82) is 0 Å². The molecule has 0 spiro atoms. The maximum Gasteiger partial charge on any atom is 0.305 e. The normalized spacial score (nSPS) is 19.1. The summed E-state index contributed by atoms with van der Waals surface area (Å²) in [4.78, 5) is 18.0. The first-order chi connectivity index (χ1) is 10.7. The smallest absolute Gasteiger partial charge is 0.305 e. The van der Waals surface area contributed by atoms with Gasteiger partial charge in [-0.05, 0) is 38.5 Å². The fourth-order valence-corrected chi connectivity index (χ4v) is 2.90. The highest BCUT2D eigenvalue weighted by Gasteiger charge is 2.18. The highest BCUT2D eigenvalue weighted by Crippen LogP contribution is 2.15. The molecule has 1 aliphatic heterocycles. The van der Waals surface area contributed by atoms with Crippen LogP contribution in [0.1, 0.15) is 58.8 Å². The van der Waals surface area contributed by atoms with Crippen LogP contribution in [0.5, 0.6) is 0 Å². The van der Waals surface area contributed by atoms with E-state index in [1.54, 1.807) is 0 Å². The minimum atomic E-state index is -0.0692. The molecule has 1 heterocycles. The van der Waals surface area contributed by atoms with Gasteiger partial charge >= 0.3 is 5.97 Å². The van der Waals surface area contributed by atoms with E-state index in [1.165, 1.54) is 12.8 Å². The Hall–Kier alpha value is -1.26. The number of nitrogens with one attached hydrogen (secondary N) is 1. The molecule has 0 amide bonds. The average molecular weight is 311 g/mol. The number of nitrogens with zero attached hydrogens (tertiary/aromatic N) is 2. The number of likely N-dealkylation sites (tertiary alicyclic amines) is 1. The van der Waals surface area contributed by atoms with E-state index >= 15 is 0 Å². The van der Waals surface area contributed by atoms with E-state index in [1.807, 2.05) is 14.0 Å². The molecular formula is C17H33N3O2. The van der Waals surface area contributed by atoms with Crippen molar-refractivity contribution < 1.29 is 9.53 Å². The highest BCUT2D eigenvalue weighted by molar-refractivity contribution is 5.79. The van der Waals surface area contributed by atoms with E-state index in [0.717, 1.165) is 57.2 Å². The van der Waals surface area contributed by atoms with Crippen LogP contribution in [0.4, 0.5) is 0 Å². The zero-order valence-corrected chi connectivity index (χ0v) is 14.6. The summed E-state index contributed by atoms with van der Waals surface area (Å²) in [6.45, 7) is 7.82. The van der Waals surface area contributed by atoms with Gasteiger partial charge in [0.15, 0.2) is 5.96 Å². The maximum absolute atomic E-state index is 11.2. The quantitative estimate of drug-likeness (QED) is 0.324. The Morgan fingerprint density at radius 2 is 2.09 bits per heavy atom. The summed E-state index contributed by atoms with van der Waals surface area (Å²) in [5.41, 5.74) is 0. The Morgan fingerprint density at radius 1 is 1.32 bits per heavy atom. The van der Waals surface area contributed by atoms with E-state index in [0.29, 0.717) is 13.0 Å². The lowest BCUT2D eigenvalue weighted by Crippen LogP contribution is -2.46. The molecular weight excluding hydrogens is 278 g/mol. The van der Waals surface area contributed by atoms with E-state index in [-0.39, 0.29) is 5.97 Å². The maximum atomic E-state index is 11.2. The van der Waals surface area contributed by atoms with Crippen LogP contribution in [0.2, 0.25) is 0 Å². The summed E-state index contributed by atoms with van der Waals surface area (Å²) >= 11 is 0. The predicted molar refractivity (Wildman–Crippen MR) is 91.1 cm³/mol. The van der Waals surface area contributed by atoms with Gasteiger partial charge in [-0.3, -0.25) is 9.79 Å². The van der Waals surface area contributed by atoms with Crippen molar-refractivity contribution in [3.05, 3.63) is 0 Å². The fraction of sp³-hybridized carbons (Fsp3) is 0.882. The van der Waals surface area contributed by atoms with Crippen LogP contribution in [-0.2, 0) is 9.53 Å². The van der Waals surface area contributed by atoms with Gasteiger partial charge < -0.3 is 15.0 Å². The van der Waals surface area contributed by atoms with E-state index in [9.17, 15) is 4.79 Å². The monoisotopic (exact) mass is 311 g/mol. The zero-order chi connectivity index (χ0) is 16.2. The van der Waals surface area contributed by atoms with Crippen molar-refractivity contribution >= 4 is 11.9 Å². The molecule has 0 aliphatic carbocycles. The number of rotatable bonds is 8. The lowest BCUT2D eigenvalue weighted by molar-refractivity contribution is -0.143. The van der Waals surface area contributed by atoms with Crippen molar-refractivity contribution in [2.75, 3.05) is 33.3 Å². The first-order valence-electron chi connectivity index (χ1n) is 8.78. The first kappa shape index (κ1) is 18.8. The fourth-order valence-electron chi connectivity index (χ4n) is 2.90. The number of guanidine groups is 1. The van der Waals surface area contributed by atoms with Gasteiger partial charge in [-0.25, -0.2) is 0 Å². The highest BCUT2D eigenvalue weighted by atomic mass is 16.5. The molecule has 5 nitrogen and oxygen atoms in total. The van der Waals surface area contributed by atoms with Gasteiger partial charge in [0.2, 0.25) is 0 Å². The molecule has 128 valence electrons. The molecule has 0 aromatic heterocycles. The van der Waals surface area contributed by atoms with Gasteiger partial charge in [-0.1, -0.05) is 19.8 Å². The Bertz CT molecular complexity index is 345. The lowest BCUT2D eigenvalue weighted by atomic mass is 10.0. The molecule has 1 aliphatic rings. The number of esters is 1. The summed E-state index contributed by atoms with van der Waals surface area (Å²) in [7, 11) is 1.86. The molecule has 1 unspecified atom stereocenters. The zero-order valence-electron chi connectivity index (χ0n) is 14.6. The topological polar surface area (TPSA) is 53.9 Å². The van der Waals surface area contributed by atoms with E-state index in [4.69, 9.17) is 4.74 Å². The number of hydrogen-bond acceptors (Lipinski definition) is 3. The van der Waals surface area contributed by atoms with Crippen LogP contribution in [0.15, 0.2) is 4.99 Å². The van der Waals surface area contributed by atoms with Gasteiger partial charge in [-0.15, -0.1) is 0 Å². The molecule has 0 bridgehead atoms. The van der Waals surface area contributed by atoms with Gasteiger partial charge in [-0.2, -0.15) is 0 Å². The van der Waals surface area contributed by atoms with E-state index in [2.05, 4.69) is 22.1 Å². The number of unbranched alkanes of at least 4 members (excludes halogenated alkanes) is 3. The molecule has 0 aromatic carbocycles. The number of piperidine rings is 1. The molecule has 22 heavy (non-hydrogen) atoms. The van der Waals surface area contributed by atoms with Crippen molar-refractivity contribution in [3.63, 3.8) is 0 Å². The third kappa shape index (κ3) is 7.66. The van der Waals surface area contributed by atoms with Crippen molar-refractivity contribution in [2.24, 2.45) is 10.9 Å². The van der Waals surface area contributed by atoms with Gasteiger partial charge in [0.05, 0.1) is 6.61 Å². The van der Waals surface area contributed by atoms with Crippen molar-refractivity contribution in [3.8, 4) is 0 Å². The summed E-state index contributed by atoms with van der Waals surface area (Å²) in [6.07, 6.45) is 7.40. The third-order valence-corrected chi connectivity index (χ3v) is 4.06. The van der Waals surface area contributed by atoms with Crippen molar-refractivity contribution in [1.82, 2.24) is 10.2 Å². The lowest BCUT2D eigenvalue weighted by Gasteiger charge is -2.33. The number of aliphatic imine (C=N–C) groups is 1.